The third-order valence-electron chi connectivity index (χ3n) is 2.51. The number of nitrogens with one attached hydrogen (secondary N) is 2. The number of rotatable bonds is 7. The molecule has 0 radical (unpaired) electrons. The van der Waals surface area contributed by atoms with Gasteiger partial charge in [-0.05, 0) is 24.3 Å². The number of carbonyl (C=O) groups is 1. The highest BCUT2D eigenvalue weighted by atomic mass is 32.2. The van der Waals surface area contributed by atoms with Gasteiger partial charge in [-0.1, -0.05) is 6.92 Å². The Balaban J connectivity index is 2.84. The van der Waals surface area contributed by atoms with Gasteiger partial charge in [0.05, 0.1) is 18.6 Å². The summed E-state index contributed by atoms with van der Waals surface area (Å²) >= 11 is 0. The average molecular weight is 302 g/mol. The van der Waals surface area contributed by atoms with Crippen molar-refractivity contribution >= 4 is 21.7 Å². The predicted molar refractivity (Wildman–Crippen MR) is 73.8 cm³/mol. The molecule has 0 spiro atoms. The van der Waals surface area contributed by atoms with Crippen LogP contribution in [0.4, 0.5) is 5.69 Å². The summed E-state index contributed by atoms with van der Waals surface area (Å²) in [5.41, 5.74) is 0.505. The van der Waals surface area contributed by atoms with Gasteiger partial charge in [0, 0.05) is 12.2 Å². The van der Waals surface area contributed by atoms with Crippen LogP contribution in [0.15, 0.2) is 29.2 Å². The number of aliphatic hydroxyl groups excluding tert-OH is 1. The van der Waals surface area contributed by atoms with Gasteiger partial charge in [-0.3, -0.25) is 0 Å². The lowest BCUT2D eigenvalue weighted by molar-refractivity contribution is -0.142. The molecule has 1 unspecified atom stereocenters. The molecule has 0 aliphatic carbocycles. The SMILES string of the molecule is CCNS(=O)(=O)c1ccc(NC(CO)C(=O)OC)cc1. The third kappa shape index (κ3) is 4.19. The van der Waals surface area contributed by atoms with Crippen molar-refractivity contribution in [2.24, 2.45) is 0 Å². The van der Waals surface area contributed by atoms with Crippen molar-refractivity contribution in [3.8, 4) is 0 Å². The quantitative estimate of drug-likeness (QED) is 0.609. The largest absolute Gasteiger partial charge is 0.467 e. The van der Waals surface area contributed by atoms with Crippen LogP contribution in [0.1, 0.15) is 6.92 Å². The number of carbonyl (C=O) groups excluding carboxylic acids is 1. The fraction of sp³-hybridized carbons (Fsp3) is 0.417. The number of aliphatic hydroxyl groups is 1. The number of ether oxygens (including phenoxy) is 1. The molecule has 3 N–H and O–H groups in total. The molecule has 112 valence electrons. The van der Waals surface area contributed by atoms with Crippen molar-refractivity contribution in [3.63, 3.8) is 0 Å². The Kier molecular flexibility index (Phi) is 5.93. The molecule has 20 heavy (non-hydrogen) atoms. The van der Waals surface area contributed by atoms with Crippen LogP contribution in [0, 0.1) is 0 Å². The molecule has 0 saturated carbocycles. The average Bonchev–Trinajstić information content (AvgIpc) is 2.44. The van der Waals surface area contributed by atoms with Gasteiger partial charge in [0.25, 0.3) is 0 Å². The molecule has 1 rings (SSSR count). The Morgan fingerprint density at radius 1 is 1.35 bits per heavy atom. The maximum Gasteiger partial charge on any atom is 0.330 e. The number of hydrogen-bond donors (Lipinski definition) is 3. The Hall–Kier alpha value is -1.64. The van der Waals surface area contributed by atoms with E-state index in [2.05, 4.69) is 14.8 Å². The molecule has 1 aromatic carbocycles. The van der Waals surface area contributed by atoms with Gasteiger partial charge in [-0.15, -0.1) is 0 Å². The Labute approximate surface area is 118 Å². The number of methoxy groups -OCH3 is 1. The second kappa shape index (κ2) is 7.22. The zero-order valence-electron chi connectivity index (χ0n) is 11.3. The summed E-state index contributed by atoms with van der Waals surface area (Å²) in [6, 6.07) is 4.94. The van der Waals surface area contributed by atoms with E-state index in [4.69, 9.17) is 5.11 Å². The van der Waals surface area contributed by atoms with Crippen molar-refractivity contribution in [2.75, 3.05) is 25.6 Å². The van der Waals surface area contributed by atoms with Crippen LogP contribution >= 0.6 is 0 Å². The van der Waals surface area contributed by atoms with E-state index in [0.29, 0.717) is 12.2 Å². The molecular weight excluding hydrogens is 284 g/mol. The topological polar surface area (TPSA) is 105 Å². The number of esters is 1. The Bertz CT molecular complexity index is 541. The van der Waals surface area contributed by atoms with Gasteiger partial charge >= 0.3 is 5.97 Å². The minimum absolute atomic E-state index is 0.128. The number of hydrogen-bond acceptors (Lipinski definition) is 6. The van der Waals surface area contributed by atoms with Gasteiger partial charge in [0.15, 0.2) is 0 Å². The lowest BCUT2D eigenvalue weighted by Gasteiger charge is -2.15. The molecule has 1 atom stereocenters. The van der Waals surface area contributed by atoms with Gasteiger partial charge in [-0.2, -0.15) is 0 Å². The number of sulfonamides is 1. The summed E-state index contributed by atoms with van der Waals surface area (Å²) < 4.78 is 30.4. The number of benzene rings is 1. The fourth-order valence-corrected chi connectivity index (χ4v) is 2.57. The van der Waals surface area contributed by atoms with Crippen molar-refractivity contribution < 1.29 is 23.1 Å². The summed E-state index contributed by atoms with van der Waals surface area (Å²) in [6.07, 6.45) is 0. The molecule has 0 bridgehead atoms. The van der Waals surface area contributed by atoms with E-state index in [9.17, 15) is 13.2 Å². The lowest BCUT2D eigenvalue weighted by Crippen LogP contribution is -2.34. The highest BCUT2D eigenvalue weighted by molar-refractivity contribution is 7.89. The second-order valence-electron chi connectivity index (χ2n) is 3.93. The summed E-state index contributed by atoms with van der Waals surface area (Å²) in [7, 11) is -2.28. The first-order valence-electron chi connectivity index (χ1n) is 5.99. The van der Waals surface area contributed by atoms with Crippen molar-refractivity contribution in [2.45, 2.75) is 17.9 Å². The fourth-order valence-electron chi connectivity index (χ4n) is 1.53. The first-order chi connectivity index (χ1) is 9.44. The zero-order valence-corrected chi connectivity index (χ0v) is 12.1. The van der Waals surface area contributed by atoms with E-state index in [1.54, 1.807) is 6.92 Å². The molecule has 0 amide bonds. The molecule has 0 aliphatic heterocycles. The van der Waals surface area contributed by atoms with Crippen LogP contribution in [0.3, 0.4) is 0 Å². The van der Waals surface area contributed by atoms with Gasteiger partial charge in [0.2, 0.25) is 10.0 Å². The van der Waals surface area contributed by atoms with Gasteiger partial charge in [-0.25, -0.2) is 17.9 Å². The molecule has 7 nitrogen and oxygen atoms in total. The van der Waals surface area contributed by atoms with Crippen molar-refractivity contribution in [3.05, 3.63) is 24.3 Å². The van der Waals surface area contributed by atoms with Crippen LogP contribution in [0.2, 0.25) is 0 Å². The lowest BCUT2D eigenvalue weighted by atomic mass is 10.2. The molecule has 0 saturated heterocycles. The van der Waals surface area contributed by atoms with E-state index < -0.39 is 28.6 Å². The van der Waals surface area contributed by atoms with Gasteiger partial charge in [0.1, 0.15) is 6.04 Å². The monoisotopic (exact) mass is 302 g/mol. The van der Waals surface area contributed by atoms with Crippen LogP contribution in [-0.4, -0.2) is 45.8 Å². The molecule has 0 aromatic heterocycles. The van der Waals surface area contributed by atoms with Crippen LogP contribution < -0.4 is 10.0 Å². The Morgan fingerprint density at radius 3 is 2.40 bits per heavy atom. The summed E-state index contributed by atoms with van der Waals surface area (Å²) in [4.78, 5) is 11.4. The Morgan fingerprint density at radius 2 is 1.95 bits per heavy atom. The molecular formula is C12H18N2O5S. The second-order valence-corrected chi connectivity index (χ2v) is 5.70. The number of anilines is 1. The van der Waals surface area contributed by atoms with E-state index in [0.717, 1.165) is 0 Å². The van der Waals surface area contributed by atoms with Crippen molar-refractivity contribution in [1.29, 1.82) is 0 Å². The molecule has 0 fully saturated rings. The molecule has 8 heteroatoms. The smallest absolute Gasteiger partial charge is 0.330 e. The van der Waals surface area contributed by atoms with E-state index in [1.165, 1.54) is 31.4 Å². The minimum atomic E-state index is -3.50. The van der Waals surface area contributed by atoms with Crippen LogP contribution in [-0.2, 0) is 19.6 Å². The standard InChI is InChI=1S/C12H18N2O5S/c1-3-13-20(17,18)10-6-4-9(5-7-10)14-11(8-15)12(16)19-2/h4-7,11,13-15H,3,8H2,1-2H3. The molecule has 1 aromatic rings. The normalized spacial score (nSPS) is 12.8. The first-order valence-corrected chi connectivity index (χ1v) is 7.48. The summed E-state index contributed by atoms with van der Waals surface area (Å²) in [6.45, 7) is 1.57. The van der Waals surface area contributed by atoms with Crippen molar-refractivity contribution in [1.82, 2.24) is 4.72 Å². The third-order valence-corrected chi connectivity index (χ3v) is 4.07. The highest BCUT2D eigenvalue weighted by Gasteiger charge is 2.18. The predicted octanol–water partition coefficient (Wildman–Crippen LogP) is -0.0694. The van der Waals surface area contributed by atoms with E-state index in [-0.39, 0.29) is 4.90 Å². The summed E-state index contributed by atoms with van der Waals surface area (Å²) in [5, 5.41) is 11.8. The highest BCUT2D eigenvalue weighted by Crippen LogP contribution is 2.15. The minimum Gasteiger partial charge on any atom is -0.467 e. The zero-order chi connectivity index (χ0) is 15.2. The molecule has 0 aliphatic rings. The maximum atomic E-state index is 11.7. The summed E-state index contributed by atoms with van der Waals surface area (Å²) in [5.74, 6) is -0.600. The van der Waals surface area contributed by atoms with E-state index >= 15 is 0 Å². The van der Waals surface area contributed by atoms with Gasteiger partial charge < -0.3 is 15.2 Å². The maximum absolute atomic E-state index is 11.7. The van der Waals surface area contributed by atoms with Crippen LogP contribution in [0.5, 0.6) is 0 Å². The van der Waals surface area contributed by atoms with Crippen LogP contribution in [0.25, 0.3) is 0 Å². The van der Waals surface area contributed by atoms with E-state index in [1.807, 2.05) is 0 Å². The first kappa shape index (κ1) is 16.4. The molecule has 0 heterocycles.